The van der Waals surface area contributed by atoms with Crippen molar-refractivity contribution >= 4 is 5.57 Å². The molecule has 1 aromatic heterocycles. The highest BCUT2D eigenvalue weighted by atomic mass is 16.5. The van der Waals surface area contributed by atoms with E-state index in [0.29, 0.717) is 6.10 Å². The van der Waals surface area contributed by atoms with E-state index < -0.39 is 0 Å². The van der Waals surface area contributed by atoms with E-state index >= 15 is 0 Å². The Morgan fingerprint density at radius 3 is 2.78 bits per heavy atom. The standard InChI is InChI=1S/C15H18N2O/c1-2-6-13(5-1)18-15-9-8-12(11-17-15)14-7-3-4-10-16-14/h3-4,7-11,13,15,17H,1-2,5-6H2. The van der Waals surface area contributed by atoms with Crippen LogP contribution in [-0.2, 0) is 4.74 Å². The van der Waals surface area contributed by atoms with E-state index in [1.807, 2.05) is 30.6 Å². The van der Waals surface area contributed by atoms with Gasteiger partial charge in [-0.15, -0.1) is 0 Å². The highest BCUT2D eigenvalue weighted by Crippen LogP contribution is 2.23. The quantitative estimate of drug-likeness (QED) is 0.885. The first-order chi connectivity index (χ1) is 8.92. The smallest absolute Gasteiger partial charge is 0.147 e. The fraction of sp³-hybridized carbons (Fsp3) is 0.400. The van der Waals surface area contributed by atoms with Gasteiger partial charge in [0.2, 0.25) is 0 Å². The first-order valence-electron chi connectivity index (χ1n) is 6.63. The summed E-state index contributed by atoms with van der Waals surface area (Å²) in [7, 11) is 0. The number of dihydropyridines is 1. The average molecular weight is 242 g/mol. The molecule has 1 aromatic rings. The predicted octanol–water partition coefficient (Wildman–Crippen LogP) is 2.87. The molecule has 18 heavy (non-hydrogen) atoms. The van der Waals surface area contributed by atoms with Gasteiger partial charge in [-0.3, -0.25) is 4.98 Å². The normalized spacial score (nSPS) is 23.8. The van der Waals surface area contributed by atoms with Crippen molar-refractivity contribution in [2.24, 2.45) is 0 Å². The lowest BCUT2D eigenvalue weighted by Gasteiger charge is -2.22. The largest absolute Gasteiger partial charge is 0.362 e. The molecule has 94 valence electrons. The van der Waals surface area contributed by atoms with Gasteiger partial charge < -0.3 is 10.1 Å². The Hall–Kier alpha value is -1.61. The Morgan fingerprint density at radius 1 is 1.22 bits per heavy atom. The fourth-order valence-corrected chi connectivity index (χ4v) is 2.48. The highest BCUT2D eigenvalue weighted by molar-refractivity contribution is 5.72. The van der Waals surface area contributed by atoms with Gasteiger partial charge in [-0.05, 0) is 31.1 Å². The summed E-state index contributed by atoms with van der Waals surface area (Å²) >= 11 is 0. The second-order valence-corrected chi connectivity index (χ2v) is 4.80. The third-order valence-electron chi connectivity index (χ3n) is 3.46. The molecule has 2 aliphatic rings. The third-order valence-corrected chi connectivity index (χ3v) is 3.46. The molecule has 1 aliphatic carbocycles. The Balaban J connectivity index is 1.60. The van der Waals surface area contributed by atoms with E-state index in [0.717, 1.165) is 11.3 Å². The number of pyridine rings is 1. The van der Waals surface area contributed by atoms with Crippen molar-refractivity contribution in [3.63, 3.8) is 0 Å². The summed E-state index contributed by atoms with van der Waals surface area (Å²) < 4.78 is 5.97. The molecule has 1 unspecified atom stereocenters. The van der Waals surface area contributed by atoms with E-state index in [1.54, 1.807) is 0 Å². The fourth-order valence-electron chi connectivity index (χ4n) is 2.48. The molecular formula is C15H18N2O. The van der Waals surface area contributed by atoms with E-state index in [4.69, 9.17) is 4.74 Å². The Morgan fingerprint density at radius 2 is 2.11 bits per heavy atom. The molecule has 0 spiro atoms. The minimum atomic E-state index is 0.0144. The van der Waals surface area contributed by atoms with Crippen LogP contribution in [0, 0.1) is 0 Å². The molecule has 0 saturated heterocycles. The first kappa shape index (κ1) is 11.5. The number of nitrogens with one attached hydrogen (secondary N) is 1. The topological polar surface area (TPSA) is 34.1 Å². The number of hydrogen-bond donors (Lipinski definition) is 1. The van der Waals surface area contributed by atoms with Crippen LogP contribution in [-0.4, -0.2) is 17.3 Å². The van der Waals surface area contributed by atoms with Crippen LogP contribution in [0.1, 0.15) is 31.4 Å². The van der Waals surface area contributed by atoms with Crippen molar-refractivity contribution in [3.05, 3.63) is 48.4 Å². The number of hydrogen-bond acceptors (Lipinski definition) is 3. The maximum atomic E-state index is 5.97. The lowest BCUT2D eigenvalue weighted by molar-refractivity contribution is 0.00708. The minimum absolute atomic E-state index is 0.0144. The molecule has 1 aliphatic heterocycles. The summed E-state index contributed by atoms with van der Waals surface area (Å²) in [6, 6.07) is 5.93. The van der Waals surface area contributed by atoms with Crippen molar-refractivity contribution in [1.29, 1.82) is 0 Å². The van der Waals surface area contributed by atoms with Gasteiger partial charge in [0.25, 0.3) is 0 Å². The molecule has 3 rings (SSSR count). The molecule has 0 bridgehead atoms. The van der Waals surface area contributed by atoms with Crippen molar-refractivity contribution in [1.82, 2.24) is 10.3 Å². The Kier molecular flexibility index (Phi) is 3.42. The SMILES string of the molecule is C1=CC(OC2CCCC2)NC=C1c1ccccn1. The maximum Gasteiger partial charge on any atom is 0.147 e. The third kappa shape index (κ3) is 2.62. The molecule has 2 heterocycles. The zero-order chi connectivity index (χ0) is 12.2. The van der Waals surface area contributed by atoms with E-state index in [-0.39, 0.29) is 6.23 Å². The van der Waals surface area contributed by atoms with E-state index in [2.05, 4.69) is 22.5 Å². The number of allylic oxidation sites excluding steroid dienone is 2. The molecule has 3 nitrogen and oxygen atoms in total. The van der Waals surface area contributed by atoms with Crippen LogP contribution in [0.4, 0.5) is 0 Å². The van der Waals surface area contributed by atoms with Gasteiger partial charge in [0, 0.05) is 18.0 Å². The van der Waals surface area contributed by atoms with Crippen LogP contribution in [0.25, 0.3) is 5.57 Å². The lowest BCUT2D eigenvalue weighted by atomic mass is 10.1. The molecule has 1 atom stereocenters. The number of aromatic nitrogens is 1. The number of ether oxygens (including phenoxy) is 1. The van der Waals surface area contributed by atoms with Gasteiger partial charge >= 0.3 is 0 Å². The van der Waals surface area contributed by atoms with Crippen LogP contribution in [0.3, 0.4) is 0 Å². The second kappa shape index (κ2) is 5.36. The van der Waals surface area contributed by atoms with Gasteiger partial charge in [0.15, 0.2) is 0 Å². The van der Waals surface area contributed by atoms with Crippen LogP contribution in [0.2, 0.25) is 0 Å². The van der Waals surface area contributed by atoms with Crippen molar-refractivity contribution in [2.45, 2.75) is 38.0 Å². The van der Waals surface area contributed by atoms with Crippen LogP contribution >= 0.6 is 0 Å². The molecule has 1 N–H and O–H groups in total. The van der Waals surface area contributed by atoms with Gasteiger partial charge in [-0.25, -0.2) is 0 Å². The average Bonchev–Trinajstić information content (AvgIpc) is 2.94. The summed E-state index contributed by atoms with van der Waals surface area (Å²) in [4.78, 5) is 4.33. The Labute approximate surface area is 108 Å². The summed E-state index contributed by atoms with van der Waals surface area (Å²) in [5.74, 6) is 0. The van der Waals surface area contributed by atoms with E-state index in [1.165, 1.54) is 25.7 Å². The summed E-state index contributed by atoms with van der Waals surface area (Å²) in [5.41, 5.74) is 2.09. The highest BCUT2D eigenvalue weighted by Gasteiger charge is 2.19. The van der Waals surface area contributed by atoms with Gasteiger partial charge in [0.05, 0.1) is 11.8 Å². The molecule has 1 saturated carbocycles. The van der Waals surface area contributed by atoms with Crippen LogP contribution < -0.4 is 5.32 Å². The number of nitrogens with zero attached hydrogens (tertiary/aromatic N) is 1. The van der Waals surface area contributed by atoms with Crippen LogP contribution in [0.5, 0.6) is 0 Å². The summed E-state index contributed by atoms with van der Waals surface area (Å²) in [6.07, 6.45) is 13.4. The first-order valence-corrected chi connectivity index (χ1v) is 6.63. The van der Waals surface area contributed by atoms with Gasteiger partial charge in [-0.1, -0.05) is 25.0 Å². The monoisotopic (exact) mass is 242 g/mol. The Bertz CT molecular complexity index is 447. The minimum Gasteiger partial charge on any atom is -0.362 e. The maximum absolute atomic E-state index is 5.97. The molecule has 0 amide bonds. The summed E-state index contributed by atoms with van der Waals surface area (Å²) in [6.45, 7) is 0. The molecule has 1 fully saturated rings. The lowest BCUT2D eigenvalue weighted by Crippen LogP contribution is -2.31. The van der Waals surface area contributed by atoms with Gasteiger partial charge in [-0.2, -0.15) is 0 Å². The van der Waals surface area contributed by atoms with Crippen LogP contribution in [0.15, 0.2) is 42.7 Å². The second-order valence-electron chi connectivity index (χ2n) is 4.80. The van der Waals surface area contributed by atoms with Crippen molar-refractivity contribution < 1.29 is 4.74 Å². The molecule has 0 aromatic carbocycles. The zero-order valence-corrected chi connectivity index (χ0v) is 10.4. The molecule has 3 heteroatoms. The number of rotatable bonds is 3. The predicted molar refractivity (Wildman–Crippen MR) is 71.6 cm³/mol. The van der Waals surface area contributed by atoms with E-state index in [9.17, 15) is 0 Å². The summed E-state index contributed by atoms with van der Waals surface area (Å²) in [5, 5.41) is 3.28. The zero-order valence-electron chi connectivity index (χ0n) is 10.4. The van der Waals surface area contributed by atoms with Gasteiger partial charge in [0.1, 0.15) is 6.23 Å². The molecule has 0 radical (unpaired) electrons. The molecular weight excluding hydrogens is 224 g/mol. The van der Waals surface area contributed by atoms with Crippen molar-refractivity contribution in [3.8, 4) is 0 Å². The van der Waals surface area contributed by atoms with Crippen molar-refractivity contribution in [2.75, 3.05) is 0 Å².